The molecule has 0 aromatic heterocycles. The number of likely N-dealkylation sites (N-methyl/N-ethyl adjacent to an activating group) is 1. The fourth-order valence-electron chi connectivity index (χ4n) is 4.12. The van der Waals surface area contributed by atoms with E-state index in [1.165, 1.54) is 0 Å². The van der Waals surface area contributed by atoms with Crippen LogP contribution in [-0.4, -0.2) is 62.7 Å². The Morgan fingerprint density at radius 2 is 1.90 bits per heavy atom. The van der Waals surface area contributed by atoms with Gasteiger partial charge in [-0.05, 0) is 50.4 Å². The van der Waals surface area contributed by atoms with Gasteiger partial charge in [-0.15, -0.1) is 0 Å². The van der Waals surface area contributed by atoms with Crippen molar-refractivity contribution in [3.05, 3.63) is 29.8 Å². The molecule has 2 fully saturated rings. The van der Waals surface area contributed by atoms with Crippen LogP contribution >= 0.6 is 0 Å². The van der Waals surface area contributed by atoms with E-state index in [4.69, 9.17) is 9.47 Å². The molecule has 0 spiro atoms. The van der Waals surface area contributed by atoms with Crippen LogP contribution in [0.4, 0.5) is 0 Å². The van der Waals surface area contributed by atoms with Crippen LogP contribution in [0.25, 0.3) is 0 Å². The van der Waals surface area contributed by atoms with Gasteiger partial charge in [0.1, 0.15) is 12.4 Å². The van der Waals surface area contributed by atoms with Crippen LogP contribution in [-0.2, 0) is 20.9 Å². The second-order valence-electron chi connectivity index (χ2n) is 8.30. The number of ether oxygens (including phenoxy) is 2. The van der Waals surface area contributed by atoms with E-state index in [0.29, 0.717) is 19.2 Å². The molecule has 2 aliphatic rings. The molecule has 0 radical (unpaired) electrons. The average Bonchev–Trinajstić information content (AvgIpc) is 3.32. The highest BCUT2D eigenvalue weighted by Gasteiger charge is 2.22. The Kier molecular flexibility index (Phi) is 8.96. The predicted octanol–water partition coefficient (Wildman–Crippen LogP) is 2.10. The highest BCUT2D eigenvalue weighted by Crippen LogP contribution is 2.24. The zero-order chi connectivity index (χ0) is 21.2. The third-order valence-corrected chi connectivity index (χ3v) is 6.06. The Balaban J connectivity index is 1.34. The summed E-state index contributed by atoms with van der Waals surface area (Å²) in [7, 11) is 2.14. The lowest BCUT2D eigenvalue weighted by Crippen LogP contribution is -2.39. The minimum atomic E-state index is -0.175. The first-order chi connectivity index (χ1) is 14.6. The van der Waals surface area contributed by atoms with Crippen LogP contribution in [0.15, 0.2) is 24.3 Å². The standard InChI is InChI=1S/C23H35N3O4/c1-26(20-9-12-29-13-10-20)11-14-30-21-8-4-5-18(15-21)16-24-22(27)17-25-23(28)19-6-2-3-7-19/h4-5,8,15,19-20H,2-3,6-7,9-14,16-17H2,1H3,(H,24,27)(H,25,28). The Bertz CT molecular complexity index is 685. The topological polar surface area (TPSA) is 79.9 Å². The third kappa shape index (κ3) is 7.29. The predicted molar refractivity (Wildman–Crippen MR) is 115 cm³/mol. The lowest BCUT2D eigenvalue weighted by molar-refractivity contribution is -0.128. The number of amides is 2. The normalized spacial score (nSPS) is 17.8. The summed E-state index contributed by atoms with van der Waals surface area (Å²) < 4.78 is 11.3. The van der Waals surface area contributed by atoms with E-state index in [-0.39, 0.29) is 24.3 Å². The molecular weight excluding hydrogens is 382 g/mol. The van der Waals surface area contributed by atoms with Gasteiger partial charge in [0, 0.05) is 38.3 Å². The van der Waals surface area contributed by atoms with Crippen LogP contribution in [0.1, 0.15) is 44.1 Å². The van der Waals surface area contributed by atoms with Crippen molar-refractivity contribution < 1.29 is 19.1 Å². The van der Waals surface area contributed by atoms with Gasteiger partial charge in [-0.1, -0.05) is 25.0 Å². The number of carbonyl (C=O) groups excluding carboxylic acids is 2. The summed E-state index contributed by atoms with van der Waals surface area (Å²) in [5, 5.41) is 5.61. The summed E-state index contributed by atoms with van der Waals surface area (Å²) >= 11 is 0. The second-order valence-corrected chi connectivity index (χ2v) is 8.30. The van der Waals surface area contributed by atoms with Gasteiger partial charge in [0.05, 0.1) is 6.54 Å². The van der Waals surface area contributed by atoms with E-state index in [1.54, 1.807) is 0 Å². The number of carbonyl (C=O) groups is 2. The minimum absolute atomic E-state index is 0.00349. The fraction of sp³-hybridized carbons (Fsp3) is 0.652. The van der Waals surface area contributed by atoms with Crippen molar-refractivity contribution in [3.8, 4) is 5.75 Å². The van der Waals surface area contributed by atoms with Crippen molar-refractivity contribution in [2.24, 2.45) is 5.92 Å². The molecule has 0 unspecified atom stereocenters. The molecule has 1 saturated carbocycles. The summed E-state index contributed by atoms with van der Waals surface area (Å²) in [5.41, 5.74) is 0.973. The molecule has 2 amide bonds. The summed E-state index contributed by atoms with van der Waals surface area (Å²) in [5.74, 6) is 0.711. The first-order valence-electron chi connectivity index (χ1n) is 11.2. The molecule has 1 aliphatic heterocycles. The molecule has 1 saturated heterocycles. The van der Waals surface area contributed by atoms with Crippen molar-refractivity contribution in [1.82, 2.24) is 15.5 Å². The van der Waals surface area contributed by atoms with Crippen molar-refractivity contribution in [2.75, 3.05) is 40.0 Å². The first kappa shape index (κ1) is 22.6. The molecule has 7 nitrogen and oxygen atoms in total. The summed E-state index contributed by atoms with van der Waals surface area (Å²) in [4.78, 5) is 26.4. The van der Waals surface area contributed by atoms with Crippen LogP contribution in [0.3, 0.4) is 0 Å². The average molecular weight is 418 g/mol. The smallest absolute Gasteiger partial charge is 0.239 e. The number of nitrogens with one attached hydrogen (secondary N) is 2. The quantitative estimate of drug-likeness (QED) is 0.609. The largest absolute Gasteiger partial charge is 0.492 e. The molecule has 2 N–H and O–H groups in total. The first-order valence-corrected chi connectivity index (χ1v) is 11.2. The molecule has 1 aromatic carbocycles. The maximum absolute atomic E-state index is 12.0. The summed E-state index contributed by atoms with van der Waals surface area (Å²) in [6.45, 7) is 3.62. The maximum atomic E-state index is 12.0. The van der Waals surface area contributed by atoms with Crippen molar-refractivity contribution >= 4 is 11.8 Å². The van der Waals surface area contributed by atoms with Crippen molar-refractivity contribution in [3.63, 3.8) is 0 Å². The van der Waals surface area contributed by atoms with Gasteiger partial charge in [-0.25, -0.2) is 0 Å². The molecule has 1 aromatic rings. The molecule has 7 heteroatoms. The van der Waals surface area contributed by atoms with E-state index >= 15 is 0 Å². The summed E-state index contributed by atoms with van der Waals surface area (Å²) in [6, 6.07) is 8.34. The van der Waals surface area contributed by atoms with Crippen LogP contribution < -0.4 is 15.4 Å². The lowest BCUT2D eigenvalue weighted by Gasteiger charge is -2.31. The van der Waals surface area contributed by atoms with E-state index in [1.807, 2.05) is 24.3 Å². The van der Waals surface area contributed by atoms with Gasteiger partial charge in [-0.3, -0.25) is 14.5 Å². The third-order valence-electron chi connectivity index (χ3n) is 6.06. The van der Waals surface area contributed by atoms with Crippen LogP contribution in [0, 0.1) is 5.92 Å². The molecule has 166 valence electrons. The van der Waals surface area contributed by atoms with Gasteiger partial charge in [0.2, 0.25) is 11.8 Å². The van der Waals surface area contributed by atoms with Crippen molar-refractivity contribution in [1.29, 1.82) is 0 Å². The zero-order valence-electron chi connectivity index (χ0n) is 18.0. The van der Waals surface area contributed by atoms with Gasteiger partial charge in [0.25, 0.3) is 0 Å². The van der Waals surface area contributed by atoms with Gasteiger partial charge in [0.15, 0.2) is 0 Å². The van der Waals surface area contributed by atoms with Gasteiger partial charge in [-0.2, -0.15) is 0 Å². The molecule has 0 bridgehead atoms. The Morgan fingerprint density at radius 3 is 2.67 bits per heavy atom. The highest BCUT2D eigenvalue weighted by atomic mass is 16.5. The number of nitrogens with zero attached hydrogens (tertiary/aromatic N) is 1. The monoisotopic (exact) mass is 417 g/mol. The SMILES string of the molecule is CN(CCOc1cccc(CNC(=O)CNC(=O)C2CCCC2)c1)C1CCOCC1. The molecule has 1 heterocycles. The van der Waals surface area contributed by atoms with E-state index in [0.717, 1.165) is 69.6 Å². The van der Waals surface area contributed by atoms with Crippen LogP contribution in [0.5, 0.6) is 5.75 Å². The highest BCUT2D eigenvalue weighted by molar-refractivity contribution is 5.85. The second kappa shape index (κ2) is 11.9. The van der Waals surface area contributed by atoms with E-state index < -0.39 is 0 Å². The number of benzene rings is 1. The maximum Gasteiger partial charge on any atom is 0.239 e. The number of hydrogen-bond donors (Lipinski definition) is 2. The molecular formula is C23H35N3O4. The Morgan fingerprint density at radius 1 is 1.13 bits per heavy atom. The molecule has 0 atom stereocenters. The summed E-state index contributed by atoms with van der Waals surface area (Å²) in [6.07, 6.45) is 6.23. The number of rotatable bonds is 10. The minimum Gasteiger partial charge on any atom is -0.492 e. The lowest BCUT2D eigenvalue weighted by atomic mass is 10.1. The van der Waals surface area contributed by atoms with Crippen molar-refractivity contribution in [2.45, 2.75) is 51.1 Å². The zero-order valence-corrected chi connectivity index (χ0v) is 18.0. The van der Waals surface area contributed by atoms with E-state index in [2.05, 4.69) is 22.6 Å². The van der Waals surface area contributed by atoms with Gasteiger partial charge < -0.3 is 20.1 Å². The number of hydrogen-bond acceptors (Lipinski definition) is 5. The fourth-order valence-corrected chi connectivity index (χ4v) is 4.12. The van der Waals surface area contributed by atoms with Gasteiger partial charge >= 0.3 is 0 Å². The molecule has 3 rings (SSSR count). The Hall–Kier alpha value is -2.12. The molecule has 30 heavy (non-hydrogen) atoms. The van der Waals surface area contributed by atoms with E-state index in [9.17, 15) is 9.59 Å². The molecule has 1 aliphatic carbocycles. The van der Waals surface area contributed by atoms with Crippen LogP contribution in [0.2, 0.25) is 0 Å². The Labute approximate surface area is 179 Å².